The Bertz CT molecular complexity index is 800. The molecule has 2 rings (SSSR count). The number of hydrogen-bond donors (Lipinski definition) is 2. The van der Waals surface area contributed by atoms with Gasteiger partial charge in [0.2, 0.25) is 11.8 Å². The van der Waals surface area contributed by atoms with Crippen LogP contribution in [0, 0.1) is 20.8 Å². The van der Waals surface area contributed by atoms with E-state index >= 15 is 0 Å². The van der Waals surface area contributed by atoms with Crippen LogP contribution in [0.2, 0.25) is 0 Å². The highest BCUT2D eigenvalue weighted by Crippen LogP contribution is 2.21. The number of likely N-dealkylation sites (N-methyl/N-ethyl adjacent to an activating group) is 1. The van der Waals surface area contributed by atoms with Gasteiger partial charge in [0.25, 0.3) is 0 Å². The van der Waals surface area contributed by atoms with E-state index in [1.54, 1.807) is 11.9 Å². The fraction of sp³-hybridized carbons (Fsp3) is 0.300. The molecule has 0 aliphatic rings. The number of carbonyl (C=O) groups excluding carboxylic acids is 2. The van der Waals surface area contributed by atoms with Crippen molar-refractivity contribution in [2.45, 2.75) is 20.8 Å². The first kappa shape index (κ1) is 20.1. The lowest BCUT2D eigenvalue weighted by Gasteiger charge is -2.17. The van der Waals surface area contributed by atoms with Crippen molar-refractivity contribution < 1.29 is 9.59 Å². The lowest BCUT2D eigenvalue weighted by Crippen LogP contribution is -2.36. The molecule has 5 nitrogen and oxygen atoms in total. The van der Waals surface area contributed by atoms with Crippen molar-refractivity contribution in [3.05, 3.63) is 57.6 Å². The Morgan fingerprint density at radius 3 is 2.08 bits per heavy atom. The normalized spacial score (nSPS) is 10.7. The number of anilines is 2. The van der Waals surface area contributed by atoms with Crippen molar-refractivity contribution in [3.63, 3.8) is 0 Å². The summed E-state index contributed by atoms with van der Waals surface area (Å²) in [5, 5.41) is 5.77. The highest BCUT2D eigenvalue weighted by Gasteiger charge is 2.13. The Morgan fingerprint density at radius 1 is 0.923 bits per heavy atom. The standard InChI is InChI=1S/C20H24BrN3O2/c1-13-8-9-16(10-17(13)21)22-18(25)11-24(4)12-19(26)23-20-14(2)6-5-7-15(20)3/h5-10H,11-12H2,1-4H3,(H,22,25)(H,23,26). The molecule has 2 aromatic rings. The molecule has 0 atom stereocenters. The Balaban J connectivity index is 1.87. The lowest BCUT2D eigenvalue weighted by molar-refractivity contribution is -0.119. The summed E-state index contributed by atoms with van der Waals surface area (Å²) in [6.07, 6.45) is 0. The Labute approximate surface area is 162 Å². The number of hydrogen-bond acceptors (Lipinski definition) is 3. The first-order valence-electron chi connectivity index (χ1n) is 8.37. The fourth-order valence-corrected chi connectivity index (χ4v) is 2.99. The number of amides is 2. The van der Waals surface area contributed by atoms with E-state index in [1.807, 2.05) is 57.2 Å². The number of carbonyl (C=O) groups is 2. The predicted molar refractivity (Wildman–Crippen MR) is 110 cm³/mol. The van der Waals surface area contributed by atoms with Gasteiger partial charge < -0.3 is 10.6 Å². The third kappa shape index (κ3) is 5.68. The van der Waals surface area contributed by atoms with Gasteiger partial charge >= 0.3 is 0 Å². The molecule has 0 unspecified atom stereocenters. The summed E-state index contributed by atoms with van der Waals surface area (Å²) in [7, 11) is 1.74. The quantitative estimate of drug-likeness (QED) is 0.749. The van der Waals surface area contributed by atoms with Gasteiger partial charge in [-0.05, 0) is 56.6 Å². The van der Waals surface area contributed by atoms with Crippen LogP contribution in [0.5, 0.6) is 0 Å². The van der Waals surface area contributed by atoms with Crippen molar-refractivity contribution in [2.24, 2.45) is 0 Å². The summed E-state index contributed by atoms with van der Waals surface area (Å²) in [6, 6.07) is 11.5. The number of para-hydroxylation sites is 1. The third-order valence-electron chi connectivity index (χ3n) is 4.03. The van der Waals surface area contributed by atoms with Crippen molar-refractivity contribution >= 4 is 39.1 Å². The number of nitrogens with zero attached hydrogens (tertiary/aromatic N) is 1. The van der Waals surface area contributed by atoms with Crippen LogP contribution in [0.15, 0.2) is 40.9 Å². The average Bonchev–Trinajstić information content (AvgIpc) is 2.54. The maximum Gasteiger partial charge on any atom is 0.238 e. The van der Waals surface area contributed by atoms with Gasteiger partial charge in [0.05, 0.1) is 13.1 Å². The second-order valence-corrected chi connectivity index (χ2v) is 7.35. The molecular weight excluding hydrogens is 394 g/mol. The Hall–Kier alpha value is -2.18. The van der Waals surface area contributed by atoms with Crippen molar-refractivity contribution in [1.82, 2.24) is 4.90 Å². The number of rotatable bonds is 6. The van der Waals surface area contributed by atoms with E-state index in [2.05, 4.69) is 26.6 Å². The van der Waals surface area contributed by atoms with Crippen molar-refractivity contribution in [2.75, 3.05) is 30.8 Å². The summed E-state index contributed by atoms with van der Waals surface area (Å²) >= 11 is 3.45. The second kappa shape index (κ2) is 8.96. The van der Waals surface area contributed by atoms with Crippen LogP contribution in [-0.2, 0) is 9.59 Å². The molecule has 2 aromatic carbocycles. The highest BCUT2D eigenvalue weighted by atomic mass is 79.9. The lowest BCUT2D eigenvalue weighted by atomic mass is 10.1. The molecule has 2 N–H and O–H groups in total. The van der Waals surface area contributed by atoms with Crippen LogP contribution >= 0.6 is 15.9 Å². The number of aryl methyl sites for hydroxylation is 3. The molecule has 0 bridgehead atoms. The zero-order chi connectivity index (χ0) is 19.3. The summed E-state index contributed by atoms with van der Waals surface area (Å²) < 4.78 is 0.941. The molecule has 0 radical (unpaired) electrons. The molecule has 0 aliphatic carbocycles. The molecule has 0 fully saturated rings. The van der Waals surface area contributed by atoms with Crippen molar-refractivity contribution in [1.29, 1.82) is 0 Å². The van der Waals surface area contributed by atoms with Crippen LogP contribution in [0.1, 0.15) is 16.7 Å². The minimum absolute atomic E-state index is 0.131. The van der Waals surface area contributed by atoms with E-state index in [0.717, 1.165) is 32.5 Å². The van der Waals surface area contributed by atoms with Crippen LogP contribution in [0.3, 0.4) is 0 Å². The van der Waals surface area contributed by atoms with Crippen molar-refractivity contribution in [3.8, 4) is 0 Å². The summed E-state index contributed by atoms with van der Waals surface area (Å²) in [4.78, 5) is 26.1. The minimum Gasteiger partial charge on any atom is -0.325 e. The molecule has 26 heavy (non-hydrogen) atoms. The summed E-state index contributed by atoms with van der Waals surface area (Å²) in [5.74, 6) is -0.307. The molecule has 6 heteroatoms. The van der Waals surface area contributed by atoms with Gasteiger partial charge in [-0.1, -0.05) is 40.2 Å². The number of nitrogens with one attached hydrogen (secondary N) is 2. The van der Waals surface area contributed by atoms with Gasteiger partial charge in [0.1, 0.15) is 0 Å². The molecule has 0 saturated heterocycles. The molecule has 0 spiro atoms. The van der Waals surface area contributed by atoms with Gasteiger partial charge in [-0.15, -0.1) is 0 Å². The van der Waals surface area contributed by atoms with E-state index in [4.69, 9.17) is 0 Å². The topological polar surface area (TPSA) is 61.4 Å². The van der Waals surface area contributed by atoms with Crippen LogP contribution in [0.25, 0.3) is 0 Å². The average molecular weight is 418 g/mol. The minimum atomic E-state index is -0.164. The first-order chi connectivity index (χ1) is 12.3. The molecule has 0 aliphatic heterocycles. The maximum atomic E-state index is 12.3. The molecule has 138 valence electrons. The third-order valence-corrected chi connectivity index (χ3v) is 4.88. The van der Waals surface area contributed by atoms with E-state index in [9.17, 15) is 9.59 Å². The van der Waals surface area contributed by atoms with Gasteiger partial charge in [-0.3, -0.25) is 14.5 Å². The van der Waals surface area contributed by atoms with E-state index < -0.39 is 0 Å². The first-order valence-corrected chi connectivity index (χ1v) is 9.16. The van der Waals surface area contributed by atoms with E-state index in [1.165, 1.54) is 0 Å². The van der Waals surface area contributed by atoms with E-state index in [-0.39, 0.29) is 24.9 Å². The summed E-state index contributed by atoms with van der Waals surface area (Å²) in [6.45, 7) is 6.17. The number of benzene rings is 2. The summed E-state index contributed by atoms with van der Waals surface area (Å²) in [5.41, 5.74) is 4.69. The molecule has 0 saturated carbocycles. The highest BCUT2D eigenvalue weighted by molar-refractivity contribution is 9.10. The molecular formula is C20H24BrN3O2. The van der Waals surface area contributed by atoms with Crippen LogP contribution in [0.4, 0.5) is 11.4 Å². The maximum absolute atomic E-state index is 12.3. The van der Waals surface area contributed by atoms with Gasteiger partial charge in [-0.2, -0.15) is 0 Å². The van der Waals surface area contributed by atoms with Crippen LogP contribution in [-0.4, -0.2) is 36.9 Å². The zero-order valence-corrected chi connectivity index (χ0v) is 17.1. The van der Waals surface area contributed by atoms with Crippen LogP contribution < -0.4 is 10.6 Å². The Morgan fingerprint density at radius 2 is 1.50 bits per heavy atom. The molecule has 0 heterocycles. The van der Waals surface area contributed by atoms with E-state index in [0.29, 0.717) is 0 Å². The molecule has 0 aromatic heterocycles. The van der Waals surface area contributed by atoms with Gasteiger partial charge in [0, 0.05) is 15.8 Å². The SMILES string of the molecule is Cc1ccc(NC(=O)CN(C)CC(=O)Nc2c(C)cccc2C)cc1Br. The zero-order valence-electron chi connectivity index (χ0n) is 15.5. The van der Waals surface area contributed by atoms with Gasteiger partial charge in [-0.25, -0.2) is 0 Å². The smallest absolute Gasteiger partial charge is 0.238 e. The molecule has 2 amide bonds. The fourth-order valence-electron chi connectivity index (χ4n) is 2.61. The number of halogens is 1. The second-order valence-electron chi connectivity index (χ2n) is 6.50. The van der Waals surface area contributed by atoms with Gasteiger partial charge in [0.15, 0.2) is 0 Å². The predicted octanol–water partition coefficient (Wildman–Crippen LogP) is 3.88. The largest absolute Gasteiger partial charge is 0.325 e. The Kier molecular flexibility index (Phi) is 6.94. The monoisotopic (exact) mass is 417 g/mol.